The van der Waals surface area contributed by atoms with E-state index in [9.17, 15) is 17.6 Å². The average Bonchev–Trinajstić information content (AvgIpc) is 3.39. The SMILES string of the molecule is CC(C)(Cc1ccccc1Cl)NC(=O)c1ccc(F)c(S(=O)(=O)NC2CC2)c1. The highest BCUT2D eigenvalue weighted by molar-refractivity contribution is 7.89. The molecule has 150 valence electrons. The normalized spacial score (nSPS) is 14.7. The third kappa shape index (κ3) is 5.10. The van der Waals surface area contributed by atoms with Gasteiger partial charge >= 0.3 is 0 Å². The van der Waals surface area contributed by atoms with E-state index >= 15 is 0 Å². The number of carbonyl (C=O) groups excluding carboxylic acids is 1. The molecule has 1 aliphatic carbocycles. The molecule has 1 aliphatic rings. The lowest BCUT2D eigenvalue weighted by Gasteiger charge is -2.27. The Labute approximate surface area is 169 Å². The first-order valence-electron chi connectivity index (χ1n) is 8.95. The van der Waals surface area contributed by atoms with Crippen LogP contribution in [0, 0.1) is 5.82 Å². The number of hydrogen-bond donors (Lipinski definition) is 2. The molecule has 2 aromatic rings. The van der Waals surface area contributed by atoms with Gasteiger partial charge < -0.3 is 5.32 Å². The van der Waals surface area contributed by atoms with Crippen LogP contribution in [-0.4, -0.2) is 25.9 Å². The van der Waals surface area contributed by atoms with Crippen LogP contribution in [-0.2, 0) is 16.4 Å². The predicted molar refractivity (Wildman–Crippen MR) is 106 cm³/mol. The number of halogens is 2. The second-order valence-electron chi connectivity index (χ2n) is 7.65. The molecule has 1 fully saturated rings. The molecule has 0 radical (unpaired) electrons. The molecule has 1 saturated carbocycles. The van der Waals surface area contributed by atoms with Gasteiger partial charge in [-0.25, -0.2) is 17.5 Å². The van der Waals surface area contributed by atoms with E-state index in [4.69, 9.17) is 11.6 Å². The molecule has 2 aromatic carbocycles. The summed E-state index contributed by atoms with van der Waals surface area (Å²) in [6.45, 7) is 3.67. The van der Waals surface area contributed by atoms with Gasteiger partial charge in [0.05, 0.1) is 0 Å². The molecule has 0 aliphatic heterocycles. The molecule has 0 aromatic heterocycles. The summed E-state index contributed by atoms with van der Waals surface area (Å²) in [5.74, 6) is -1.38. The Balaban J connectivity index is 1.78. The Morgan fingerprint density at radius 2 is 1.89 bits per heavy atom. The zero-order chi connectivity index (χ0) is 20.5. The van der Waals surface area contributed by atoms with E-state index in [0.717, 1.165) is 30.5 Å². The van der Waals surface area contributed by atoms with Crippen molar-refractivity contribution in [3.8, 4) is 0 Å². The standard InChI is InChI=1S/C20H22ClFN2O3S/c1-20(2,12-14-5-3-4-6-16(14)21)23-19(25)13-7-10-17(22)18(11-13)28(26,27)24-15-8-9-15/h3-7,10-11,15,24H,8-9,12H2,1-2H3,(H,23,25). The molecule has 0 heterocycles. The largest absolute Gasteiger partial charge is 0.347 e. The van der Waals surface area contributed by atoms with Gasteiger partial charge in [-0.1, -0.05) is 29.8 Å². The molecule has 0 unspecified atom stereocenters. The maximum absolute atomic E-state index is 14.1. The summed E-state index contributed by atoms with van der Waals surface area (Å²) in [5.41, 5.74) is 0.303. The van der Waals surface area contributed by atoms with Crippen LogP contribution >= 0.6 is 11.6 Å². The molecule has 0 spiro atoms. The van der Waals surface area contributed by atoms with Crippen LogP contribution in [0.2, 0.25) is 5.02 Å². The zero-order valence-corrected chi connectivity index (χ0v) is 17.2. The summed E-state index contributed by atoms with van der Waals surface area (Å²) in [5, 5.41) is 3.47. The molecule has 3 rings (SSSR count). The lowest BCUT2D eigenvalue weighted by molar-refractivity contribution is 0.0912. The van der Waals surface area contributed by atoms with Gasteiger partial charge in [-0.15, -0.1) is 0 Å². The molecule has 1 amide bonds. The van der Waals surface area contributed by atoms with Gasteiger partial charge in [-0.2, -0.15) is 0 Å². The van der Waals surface area contributed by atoms with E-state index in [1.165, 1.54) is 6.07 Å². The molecule has 0 saturated heterocycles. The van der Waals surface area contributed by atoms with Crippen LogP contribution in [0.5, 0.6) is 0 Å². The van der Waals surface area contributed by atoms with E-state index in [1.54, 1.807) is 6.07 Å². The van der Waals surface area contributed by atoms with Crippen LogP contribution in [0.3, 0.4) is 0 Å². The van der Waals surface area contributed by atoms with Gasteiger partial charge in [-0.05, 0) is 62.9 Å². The first-order valence-corrected chi connectivity index (χ1v) is 10.8. The topological polar surface area (TPSA) is 75.3 Å². The van der Waals surface area contributed by atoms with Gasteiger partial charge in [-0.3, -0.25) is 4.79 Å². The quantitative estimate of drug-likeness (QED) is 0.712. The van der Waals surface area contributed by atoms with Gasteiger partial charge in [0.15, 0.2) is 0 Å². The maximum atomic E-state index is 14.1. The number of rotatable bonds is 7. The summed E-state index contributed by atoms with van der Waals surface area (Å²) < 4.78 is 41.2. The van der Waals surface area contributed by atoms with Crippen LogP contribution in [0.1, 0.15) is 42.6 Å². The Hall–Kier alpha value is -1.96. The maximum Gasteiger partial charge on any atom is 0.251 e. The third-order valence-electron chi connectivity index (χ3n) is 4.42. The van der Waals surface area contributed by atoms with Crippen molar-refractivity contribution in [1.82, 2.24) is 10.0 Å². The predicted octanol–water partition coefficient (Wildman–Crippen LogP) is 3.67. The molecule has 0 bridgehead atoms. The minimum absolute atomic E-state index is 0.0739. The number of nitrogens with one attached hydrogen (secondary N) is 2. The highest BCUT2D eigenvalue weighted by Gasteiger charge is 2.30. The molecule has 28 heavy (non-hydrogen) atoms. The summed E-state index contributed by atoms with van der Waals surface area (Å²) >= 11 is 6.19. The lowest BCUT2D eigenvalue weighted by atomic mass is 9.94. The summed E-state index contributed by atoms with van der Waals surface area (Å²) in [7, 11) is -4.00. The fraction of sp³-hybridized carbons (Fsp3) is 0.350. The van der Waals surface area contributed by atoms with Crippen molar-refractivity contribution in [2.75, 3.05) is 0 Å². The fourth-order valence-electron chi connectivity index (χ4n) is 2.88. The molecule has 0 atom stereocenters. The highest BCUT2D eigenvalue weighted by atomic mass is 35.5. The molecular weight excluding hydrogens is 403 g/mol. The van der Waals surface area contributed by atoms with E-state index in [1.807, 2.05) is 32.0 Å². The Kier molecular flexibility index (Phi) is 5.79. The minimum Gasteiger partial charge on any atom is -0.347 e. The second kappa shape index (κ2) is 7.81. The summed E-state index contributed by atoms with van der Waals surface area (Å²) in [6, 6.07) is 10.5. The fourth-order valence-corrected chi connectivity index (χ4v) is 4.49. The number of amides is 1. The van der Waals surface area contributed by atoms with E-state index in [-0.39, 0.29) is 11.6 Å². The Morgan fingerprint density at radius 3 is 2.54 bits per heavy atom. The van der Waals surface area contributed by atoms with Crippen molar-refractivity contribution < 1.29 is 17.6 Å². The molecule has 8 heteroatoms. The van der Waals surface area contributed by atoms with Gasteiger partial charge in [0, 0.05) is 22.2 Å². The van der Waals surface area contributed by atoms with Crippen molar-refractivity contribution >= 4 is 27.5 Å². The van der Waals surface area contributed by atoms with Crippen molar-refractivity contribution in [3.63, 3.8) is 0 Å². The number of sulfonamides is 1. The van der Waals surface area contributed by atoms with Gasteiger partial charge in [0.1, 0.15) is 10.7 Å². The monoisotopic (exact) mass is 424 g/mol. The number of hydrogen-bond acceptors (Lipinski definition) is 3. The van der Waals surface area contributed by atoms with E-state index < -0.39 is 32.2 Å². The van der Waals surface area contributed by atoms with Crippen molar-refractivity contribution in [1.29, 1.82) is 0 Å². The van der Waals surface area contributed by atoms with E-state index in [0.29, 0.717) is 11.4 Å². The van der Waals surface area contributed by atoms with E-state index in [2.05, 4.69) is 10.0 Å². The van der Waals surface area contributed by atoms with Crippen LogP contribution in [0.4, 0.5) is 4.39 Å². The first-order chi connectivity index (χ1) is 13.1. The molecule has 2 N–H and O–H groups in total. The van der Waals surface area contributed by atoms with Crippen LogP contribution < -0.4 is 10.0 Å². The van der Waals surface area contributed by atoms with Crippen molar-refractivity contribution in [3.05, 3.63) is 64.4 Å². The third-order valence-corrected chi connectivity index (χ3v) is 6.33. The summed E-state index contributed by atoms with van der Waals surface area (Å²) in [6.07, 6.45) is 1.95. The molecular formula is C20H22ClFN2O3S. The number of benzene rings is 2. The second-order valence-corrected chi connectivity index (χ2v) is 9.74. The highest BCUT2D eigenvalue weighted by Crippen LogP contribution is 2.25. The minimum atomic E-state index is -4.00. The van der Waals surface area contributed by atoms with Crippen LogP contribution in [0.25, 0.3) is 0 Å². The average molecular weight is 425 g/mol. The summed E-state index contributed by atoms with van der Waals surface area (Å²) in [4.78, 5) is 12.2. The Bertz CT molecular complexity index is 1000. The first kappa shape index (κ1) is 20.8. The lowest BCUT2D eigenvalue weighted by Crippen LogP contribution is -2.45. The number of carbonyl (C=O) groups is 1. The van der Waals surface area contributed by atoms with Crippen LogP contribution in [0.15, 0.2) is 47.4 Å². The van der Waals surface area contributed by atoms with Crippen molar-refractivity contribution in [2.24, 2.45) is 0 Å². The Morgan fingerprint density at radius 1 is 1.21 bits per heavy atom. The smallest absolute Gasteiger partial charge is 0.251 e. The van der Waals surface area contributed by atoms with Crippen molar-refractivity contribution in [2.45, 2.75) is 49.6 Å². The zero-order valence-electron chi connectivity index (χ0n) is 15.6. The molecule has 5 nitrogen and oxygen atoms in total. The van der Waals surface area contributed by atoms with Gasteiger partial charge in [0.25, 0.3) is 5.91 Å². The van der Waals surface area contributed by atoms with Gasteiger partial charge in [0.2, 0.25) is 10.0 Å².